The highest BCUT2D eigenvalue weighted by Crippen LogP contribution is 2.33. The second-order valence-corrected chi connectivity index (χ2v) is 6.02. The maximum atomic E-state index is 8.89. The Balaban J connectivity index is 1.54. The van der Waals surface area contributed by atoms with Gasteiger partial charge in [0.05, 0.1) is 11.6 Å². The zero-order valence-corrected chi connectivity index (χ0v) is 14.7. The number of aryl methyl sites for hydroxylation is 1. The van der Waals surface area contributed by atoms with E-state index in [1.807, 2.05) is 43.3 Å². The number of aromatic nitrogens is 2. The van der Waals surface area contributed by atoms with E-state index in [4.69, 9.17) is 14.7 Å². The molecule has 2 N–H and O–H groups in total. The van der Waals surface area contributed by atoms with Gasteiger partial charge in [0, 0.05) is 29.2 Å². The van der Waals surface area contributed by atoms with Crippen LogP contribution in [0.1, 0.15) is 11.3 Å². The highest BCUT2D eigenvalue weighted by Gasteiger charge is 2.12. The zero-order valence-electron chi connectivity index (χ0n) is 14.7. The van der Waals surface area contributed by atoms with Gasteiger partial charge in [-0.25, -0.2) is 4.98 Å². The minimum absolute atomic E-state index is 0.475. The van der Waals surface area contributed by atoms with Crippen LogP contribution in [0, 0.1) is 18.3 Å². The predicted octanol–water partition coefficient (Wildman–Crippen LogP) is 3.92. The Morgan fingerprint density at radius 3 is 2.41 bits per heavy atom. The molecule has 1 aromatic heterocycles. The normalized spacial score (nSPS) is 12.1. The molecule has 0 bridgehead atoms. The van der Waals surface area contributed by atoms with Crippen LogP contribution in [0.2, 0.25) is 0 Å². The highest BCUT2D eigenvalue weighted by molar-refractivity contribution is 5.63. The van der Waals surface area contributed by atoms with Crippen LogP contribution in [0.15, 0.2) is 48.5 Å². The van der Waals surface area contributed by atoms with Crippen LogP contribution in [-0.2, 0) is 0 Å². The fourth-order valence-electron chi connectivity index (χ4n) is 2.71. The monoisotopic (exact) mass is 359 g/mol. The number of fused-ring (bicyclic) bond motifs is 1. The lowest BCUT2D eigenvalue weighted by Gasteiger charge is -2.19. The van der Waals surface area contributed by atoms with E-state index in [9.17, 15) is 0 Å². The van der Waals surface area contributed by atoms with Crippen LogP contribution < -0.4 is 20.1 Å². The first-order chi connectivity index (χ1) is 13.2. The summed E-state index contributed by atoms with van der Waals surface area (Å²) in [7, 11) is 0. The molecule has 0 saturated carbocycles. The molecule has 0 amide bonds. The minimum Gasteiger partial charge on any atom is -0.486 e. The van der Waals surface area contributed by atoms with Crippen LogP contribution in [0.5, 0.6) is 11.5 Å². The topological polar surface area (TPSA) is 92.1 Å². The third-order valence-electron chi connectivity index (χ3n) is 3.94. The van der Waals surface area contributed by atoms with Gasteiger partial charge in [-0.05, 0) is 43.3 Å². The molecule has 27 heavy (non-hydrogen) atoms. The van der Waals surface area contributed by atoms with E-state index in [1.54, 1.807) is 12.1 Å². The summed E-state index contributed by atoms with van der Waals surface area (Å²) in [5.41, 5.74) is 3.09. The van der Waals surface area contributed by atoms with Crippen LogP contribution >= 0.6 is 0 Å². The van der Waals surface area contributed by atoms with E-state index in [0.717, 1.165) is 22.8 Å². The average molecular weight is 359 g/mol. The molecule has 0 fully saturated rings. The maximum absolute atomic E-state index is 8.89. The fraction of sp³-hybridized carbons (Fsp3) is 0.150. The molecule has 7 nitrogen and oxygen atoms in total. The molecule has 0 spiro atoms. The lowest BCUT2D eigenvalue weighted by atomic mass is 10.2. The number of ether oxygens (including phenoxy) is 2. The summed E-state index contributed by atoms with van der Waals surface area (Å²) in [6.07, 6.45) is 0. The smallest absolute Gasteiger partial charge is 0.229 e. The number of anilines is 4. The predicted molar refractivity (Wildman–Crippen MR) is 102 cm³/mol. The molecular weight excluding hydrogens is 342 g/mol. The molecule has 2 heterocycles. The van der Waals surface area contributed by atoms with Crippen LogP contribution in [-0.4, -0.2) is 23.2 Å². The molecule has 0 atom stereocenters. The van der Waals surface area contributed by atoms with E-state index >= 15 is 0 Å². The fourth-order valence-corrected chi connectivity index (χ4v) is 2.71. The van der Waals surface area contributed by atoms with E-state index in [2.05, 4.69) is 26.7 Å². The van der Waals surface area contributed by atoms with Crippen molar-refractivity contribution in [1.29, 1.82) is 5.26 Å². The first-order valence-electron chi connectivity index (χ1n) is 8.49. The van der Waals surface area contributed by atoms with Crippen LogP contribution in [0.3, 0.4) is 0 Å². The average Bonchev–Trinajstić information content (AvgIpc) is 2.68. The number of rotatable bonds is 4. The second-order valence-electron chi connectivity index (χ2n) is 6.02. The molecule has 1 aliphatic heterocycles. The largest absolute Gasteiger partial charge is 0.486 e. The molecule has 0 aliphatic carbocycles. The molecule has 4 rings (SSSR count). The molecule has 1 aliphatic rings. The lowest BCUT2D eigenvalue weighted by molar-refractivity contribution is 0.171. The molecule has 0 saturated heterocycles. The van der Waals surface area contributed by atoms with Gasteiger partial charge in [0.15, 0.2) is 11.5 Å². The van der Waals surface area contributed by atoms with Crippen molar-refractivity contribution in [3.63, 3.8) is 0 Å². The van der Waals surface area contributed by atoms with Crippen molar-refractivity contribution in [3.8, 4) is 17.6 Å². The summed E-state index contributed by atoms with van der Waals surface area (Å²) in [5, 5.41) is 15.3. The number of benzene rings is 2. The van der Waals surface area contributed by atoms with E-state index in [-0.39, 0.29) is 0 Å². The Morgan fingerprint density at radius 1 is 0.889 bits per heavy atom. The van der Waals surface area contributed by atoms with Crippen LogP contribution in [0.4, 0.5) is 23.1 Å². The Morgan fingerprint density at radius 2 is 1.63 bits per heavy atom. The Hall–Kier alpha value is -3.79. The van der Waals surface area contributed by atoms with Gasteiger partial charge in [0.2, 0.25) is 5.95 Å². The molecule has 0 unspecified atom stereocenters. The van der Waals surface area contributed by atoms with Gasteiger partial charge in [0.25, 0.3) is 0 Å². The Bertz CT molecular complexity index is 1010. The van der Waals surface area contributed by atoms with Gasteiger partial charge in [-0.3, -0.25) is 0 Å². The third-order valence-corrected chi connectivity index (χ3v) is 3.94. The molecular formula is C20H17N5O2. The first kappa shape index (κ1) is 16.7. The lowest BCUT2D eigenvalue weighted by Crippen LogP contribution is -2.15. The van der Waals surface area contributed by atoms with Crippen LogP contribution in [0.25, 0.3) is 0 Å². The van der Waals surface area contributed by atoms with Gasteiger partial charge < -0.3 is 20.1 Å². The second kappa shape index (κ2) is 7.22. The molecule has 7 heteroatoms. The van der Waals surface area contributed by atoms with E-state index in [1.165, 1.54) is 0 Å². The van der Waals surface area contributed by atoms with Gasteiger partial charge in [-0.1, -0.05) is 0 Å². The molecule has 3 aromatic rings. The Kier molecular flexibility index (Phi) is 4.45. The third kappa shape index (κ3) is 3.90. The van der Waals surface area contributed by atoms with Gasteiger partial charge in [0.1, 0.15) is 19.0 Å². The molecule has 0 radical (unpaired) electrons. The number of nitrogens with zero attached hydrogens (tertiary/aromatic N) is 3. The van der Waals surface area contributed by atoms with Crippen molar-refractivity contribution >= 4 is 23.1 Å². The summed E-state index contributed by atoms with van der Waals surface area (Å²) in [5.74, 6) is 2.57. The van der Waals surface area contributed by atoms with Crippen molar-refractivity contribution in [2.45, 2.75) is 6.92 Å². The Labute approximate surface area is 156 Å². The van der Waals surface area contributed by atoms with Gasteiger partial charge in [-0.15, -0.1) is 0 Å². The zero-order chi connectivity index (χ0) is 18.6. The van der Waals surface area contributed by atoms with Crippen molar-refractivity contribution in [2.24, 2.45) is 0 Å². The minimum atomic E-state index is 0.475. The summed E-state index contributed by atoms with van der Waals surface area (Å²) < 4.78 is 11.1. The van der Waals surface area contributed by atoms with Crippen molar-refractivity contribution < 1.29 is 9.47 Å². The van der Waals surface area contributed by atoms with Gasteiger partial charge in [-0.2, -0.15) is 10.2 Å². The number of hydrogen-bond donors (Lipinski definition) is 2. The van der Waals surface area contributed by atoms with E-state index in [0.29, 0.717) is 36.3 Å². The molecule has 134 valence electrons. The van der Waals surface area contributed by atoms with Crippen molar-refractivity contribution in [2.75, 3.05) is 23.8 Å². The molecule has 2 aromatic carbocycles. The number of hydrogen-bond acceptors (Lipinski definition) is 7. The number of nitrogens with one attached hydrogen (secondary N) is 2. The van der Waals surface area contributed by atoms with Crippen molar-refractivity contribution in [1.82, 2.24) is 9.97 Å². The van der Waals surface area contributed by atoms with E-state index < -0.39 is 0 Å². The standard InChI is InChI=1S/C20H17N5O2/c1-13-10-19(23-15-4-2-14(12-21)3-5-15)25-20(22-13)24-16-6-7-17-18(11-16)27-9-8-26-17/h2-7,10-11H,8-9H2,1H3,(H2,22,23,24,25). The summed E-state index contributed by atoms with van der Waals surface area (Å²) >= 11 is 0. The quantitative estimate of drug-likeness (QED) is 0.729. The van der Waals surface area contributed by atoms with Crippen molar-refractivity contribution in [3.05, 3.63) is 59.8 Å². The summed E-state index contributed by atoms with van der Waals surface area (Å²) in [6, 6.07) is 16.8. The summed E-state index contributed by atoms with van der Waals surface area (Å²) in [6.45, 7) is 3.00. The first-order valence-corrected chi connectivity index (χ1v) is 8.49. The van der Waals surface area contributed by atoms with Gasteiger partial charge >= 0.3 is 0 Å². The number of nitriles is 1. The summed E-state index contributed by atoms with van der Waals surface area (Å²) in [4.78, 5) is 8.94. The maximum Gasteiger partial charge on any atom is 0.229 e. The highest BCUT2D eigenvalue weighted by atomic mass is 16.6. The SMILES string of the molecule is Cc1cc(Nc2ccc(C#N)cc2)nc(Nc2ccc3c(c2)OCCO3)n1.